The second kappa shape index (κ2) is 7.85. The Labute approximate surface area is 183 Å². The Hall–Kier alpha value is -2.56. The van der Waals surface area contributed by atoms with Crippen molar-refractivity contribution in [2.45, 2.75) is 38.1 Å². The first-order chi connectivity index (χ1) is 14.9. The minimum atomic E-state index is -0.329. The Kier molecular flexibility index (Phi) is 5.15. The molecule has 4 heterocycles. The van der Waals surface area contributed by atoms with Gasteiger partial charge in [-0.15, -0.1) is 0 Å². The molecule has 164 valence electrons. The molecule has 1 unspecified atom stereocenters. The average molecular weight is 445 g/mol. The first-order valence-electron chi connectivity index (χ1n) is 10.3. The minimum absolute atomic E-state index is 0.0519. The van der Waals surface area contributed by atoms with Crippen LogP contribution in [0.5, 0.6) is 0 Å². The van der Waals surface area contributed by atoms with Gasteiger partial charge in [-0.1, -0.05) is 11.3 Å². The predicted octanol–water partition coefficient (Wildman–Crippen LogP) is 2.24. The van der Waals surface area contributed by atoms with E-state index in [0.29, 0.717) is 31.6 Å². The number of nitrogens with zero attached hydrogens (tertiary/aromatic N) is 4. The number of carbonyl (C=O) groups is 1. The Balaban J connectivity index is 1.65. The number of benzene rings is 1. The zero-order valence-corrected chi connectivity index (χ0v) is 18.5. The molecule has 4 bridgehead atoms. The average Bonchev–Trinajstić information content (AvgIpc) is 3.45. The number of aryl methyl sites for hydroxylation is 1. The highest BCUT2D eigenvalue weighted by atomic mass is 32.1. The van der Waals surface area contributed by atoms with Crippen LogP contribution < -0.4 is 10.6 Å². The highest BCUT2D eigenvalue weighted by Gasteiger charge is 2.33. The standard InChI is InChI=1S/C21H25FN6O2S/c1-11-25-16-5-12(22)4-15-18-8-24-21(31-18)26-13-6-17(23-7-13)20(29)27(2)9-14(30-3)10-28(11)19(15)16/h4-5,8,13-14,17,23H,6-7,9-10H2,1-3H3,(H,24,26)/t13-,14?,17-/m0/s1. The molecule has 0 spiro atoms. The van der Waals surface area contributed by atoms with Crippen LogP contribution in [0.4, 0.5) is 9.52 Å². The number of hydrogen-bond donors (Lipinski definition) is 2. The van der Waals surface area contributed by atoms with E-state index >= 15 is 0 Å². The number of carbonyl (C=O) groups excluding carboxylic acids is 1. The molecule has 2 N–H and O–H groups in total. The molecule has 1 amide bonds. The van der Waals surface area contributed by atoms with E-state index in [4.69, 9.17) is 4.74 Å². The summed E-state index contributed by atoms with van der Waals surface area (Å²) in [6, 6.07) is 2.86. The molecule has 0 radical (unpaired) electrons. The normalized spacial score (nSPS) is 24.2. The lowest BCUT2D eigenvalue weighted by Crippen LogP contribution is -2.45. The van der Waals surface area contributed by atoms with Gasteiger partial charge < -0.3 is 24.8 Å². The Morgan fingerprint density at radius 1 is 1.32 bits per heavy atom. The fourth-order valence-electron chi connectivity index (χ4n) is 4.51. The molecule has 2 aliphatic heterocycles. The summed E-state index contributed by atoms with van der Waals surface area (Å²) in [6.45, 7) is 3.54. The molecule has 0 aliphatic carbocycles. The van der Waals surface area contributed by atoms with Crippen molar-refractivity contribution in [1.29, 1.82) is 0 Å². The molecule has 10 heteroatoms. The Morgan fingerprint density at radius 2 is 2.16 bits per heavy atom. The summed E-state index contributed by atoms with van der Waals surface area (Å²) >= 11 is 1.48. The van der Waals surface area contributed by atoms with E-state index in [-0.39, 0.29) is 29.9 Å². The van der Waals surface area contributed by atoms with Gasteiger partial charge >= 0.3 is 0 Å². The SMILES string of the molecule is COC1CN(C)C(=O)[C@@H]2C[C@@H](CN2)Nc2ncc(s2)-c2cc(F)cc3nc(C)n(c23)C1. The van der Waals surface area contributed by atoms with Gasteiger partial charge in [-0.05, 0) is 19.4 Å². The highest BCUT2D eigenvalue weighted by Crippen LogP contribution is 2.36. The van der Waals surface area contributed by atoms with Crippen LogP contribution in [0, 0.1) is 12.7 Å². The number of amides is 1. The first-order valence-corrected chi connectivity index (χ1v) is 11.1. The van der Waals surface area contributed by atoms with Crippen molar-refractivity contribution >= 4 is 33.4 Å². The molecule has 1 fully saturated rings. The molecule has 0 saturated carbocycles. The second-order valence-corrected chi connectivity index (χ2v) is 9.27. The molecule has 2 aromatic heterocycles. The predicted molar refractivity (Wildman–Crippen MR) is 118 cm³/mol. The fraction of sp³-hybridized carbons (Fsp3) is 0.476. The zero-order valence-electron chi connectivity index (χ0n) is 17.7. The molecular weight excluding hydrogens is 419 g/mol. The number of fused-ring (bicyclic) bond motifs is 5. The van der Waals surface area contributed by atoms with E-state index in [1.54, 1.807) is 31.3 Å². The second-order valence-electron chi connectivity index (χ2n) is 8.23. The smallest absolute Gasteiger partial charge is 0.239 e. The number of methoxy groups -OCH3 is 1. The third kappa shape index (κ3) is 3.68. The zero-order chi connectivity index (χ0) is 21.7. The van der Waals surface area contributed by atoms with Gasteiger partial charge in [0, 0.05) is 51.1 Å². The van der Waals surface area contributed by atoms with Crippen LogP contribution in [0.1, 0.15) is 12.2 Å². The van der Waals surface area contributed by atoms with Gasteiger partial charge in [0.2, 0.25) is 5.91 Å². The van der Waals surface area contributed by atoms with Gasteiger partial charge in [-0.25, -0.2) is 14.4 Å². The van der Waals surface area contributed by atoms with Crippen LogP contribution in [-0.2, 0) is 16.1 Å². The lowest BCUT2D eigenvalue weighted by molar-refractivity contribution is -0.133. The summed E-state index contributed by atoms with van der Waals surface area (Å²) < 4.78 is 22.2. The van der Waals surface area contributed by atoms with Crippen molar-refractivity contribution in [3.05, 3.63) is 30.0 Å². The van der Waals surface area contributed by atoms with E-state index in [9.17, 15) is 9.18 Å². The number of rotatable bonds is 1. The largest absolute Gasteiger partial charge is 0.378 e. The summed E-state index contributed by atoms with van der Waals surface area (Å²) in [5.41, 5.74) is 2.21. The van der Waals surface area contributed by atoms with Crippen LogP contribution in [0.3, 0.4) is 0 Å². The van der Waals surface area contributed by atoms with Gasteiger partial charge in [-0.3, -0.25) is 4.79 Å². The Bertz CT molecular complexity index is 1140. The van der Waals surface area contributed by atoms with Crippen molar-refractivity contribution in [2.75, 3.05) is 32.6 Å². The van der Waals surface area contributed by atoms with Crippen molar-refractivity contribution in [3.63, 3.8) is 0 Å². The molecule has 3 atom stereocenters. The van der Waals surface area contributed by atoms with Gasteiger partial charge in [0.1, 0.15) is 11.6 Å². The van der Waals surface area contributed by atoms with Crippen molar-refractivity contribution in [2.24, 2.45) is 0 Å². The first kappa shape index (κ1) is 20.3. The number of anilines is 1. The lowest BCUT2D eigenvalue weighted by Gasteiger charge is -2.26. The molecule has 2 aliphatic rings. The third-order valence-corrected chi connectivity index (χ3v) is 7.06. The summed E-state index contributed by atoms with van der Waals surface area (Å²) in [7, 11) is 3.46. The van der Waals surface area contributed by atoms with Crippen molar-refractivity contribution in [3.8, 4) is 10.4 Å². The van der Waals surface area contributed by atoms with Crippen molar-refractivity contribution < 1.29 is 13.9 Å². The maximum Gasteiger partial charge on any atom is 0.239 e. The summed E-state index contributed by atoms with van der Waals surface area (Å²) in [6.07, 6.45) is 2.22. The molecule has 8 nitrogen and oxygen atoms in total. The van der Waals surface area contributed by atoms with E-state index in [1.807, 2.05) is 11.5 Å². The number of likely N-dealkylation sites (N-methyl/N-ethyl adjacent to an activating group) is 1. The van der Waals surface area contributed by atoms with E-state index in [1.165, 1.54) is 17.4 Å². The van der Waals surface area contributed by atoms with E-state index in [2.05, 4.69) is 20.6 Å². The van der Waals surface area contributed by atoms with E-state index < -0.39 is 0 Å². The number of thiazole rings is 1. The third-order valence-electron chi connectivity index (χ3n) is 6.10. The van der Waals surface area contributed by atoms with Crippen LogP contribution in [0.15, 0.2) is 18.3 Å². The van der Waals surface area contributed by atoms with Gasteiger partial charge in [-0.2, -0.15) is 0 Å². The molecule has 1 aromatic carbocycles. The summed E-state index contributed by atoms with van der Waals surface area (Å²) in [4.78, 5) is 24.7. The molecular formula is C21H25FN6O2S. The number of halogens is 1. The molecule has 31 heavy (non-hydrogen) atoms. The van der Waals surface area contributed by atoms with Gasteiger partial charge in [0.05, 0.1) is 34.6 Å². The number of aromatic nitrogens is 3. The van der Waals surface area contributed by atoms with E-state index in [0.717, 1.165) is 26.9 Å². The highest BCUT2D eigenvalue weighted by molar-refractivity contribution is 7.19. The number of ether oxygens (including phenoxy) is 1. The van der Waals surface area contributed by atoms with Crippen LogP contribution in [0.2, 0.25) is 0 Å². The maximum absolute atomic E-state index is 14.4. The topological polar surface area (TPSA) is 84.3 Å². The maximum atomic E-state index is 14.4. The summed E-state index contributed by atoms with van der Waals surface area (Å²) in [5, 5.41) is 7.49. The van der Waals surface area contributed by atoms with Gasteiger partial charge in [0.25, 0.3) is 0 Å². The molecule has 5 rings (SSSR count). The summed E-state index contributed by atoms with van der Waals surface area (Å²) in [5.74, 6) is 0.492. The van der Waals surface area contributed by atoms with Crippen LogP contribution >= 0.6 is 11.3 Å². The Morgan fingerprint density at radius 3 is 2.97 bits per heavy atom. The van der Waals surface area contributed by atoms with Crippen molar-refractivity contribution in [1.82, 2.24) is 24.8 Å². The van der Waals surface area contributed by atoms with Crippen LogP contribution in [-0.4, -0.2) is 70.8 Å². The minimum Gasteiger partial charge on any atom is -0.378 e. The number of imidazole rings is 1. The number of nitrogens with one attached hydrogen (secondary N) is 2. The number of hydrogen-bond acceptors (Lipinski definition) is 7. The van der Waals surface area contributed by atoms with Crippen LogP contribution in [0.25, 0.3) is 21.5 Å². The fourth-order valence-corrected chi connectivity index (χ4v) is 5.42. The lowest BCUT2D eigenvalue weighted by atomic mass is 10.1. The molecule has 1 saturated heterocycles. The molecule has 3 aromatic rings. The van der Waals surface area contributed by atoms with Gasteiger partial charge in [0.15, 0.2) is 5.13 Å². The quantitative estimate of drug-likeness (QED) is 0.599. The monoisotopic (exact) mass is 444 g/mol.